The summed E-state index contributed by atoms with van der Waals surface area (Å²) in [6, 6.07) is 2.54. The van der Waals surface area contributed by atoms with Gasteiger partial charge in [0.15, 0.2) is 11.6 Å². The van der Waals surface area contributed by atoms with Crippen molar-refractivity contribution in [2.45, 2.75) is 12.5 Å². The maximum atomic E-state index is 13.1. The van der Waals surface area contributed by atoms with Gasteiger partial charge in [-0.1, -0.05) is 6.07 Å². The third-order valence-corrected chi connectivity index (χ3v) is 2.89. The van der Waals surface area contributed by atoms with Gasteiger partial charge in [-0.3, -0.25) is 9.69 Å². The van der Waals surface area contributed by atoms with Crippen molar-refractivity contribution in [3.63, 3.8) is 0 Å². The second-order valence-electron chi connectivity index (χ2n) is 4.05. The summed E-state index contributed by atoms with van der Waals surface area (Å²) in [6.07, 6.45) is 0. The maximum absolute atomic E-state index is 13.1. The van der Waals surface area contributed by atoms with Gasteiger partial charge in [0.25, 0.3) is 5.91 Å². The molecular weight excluding hydrogens is 230 g/mol. The highest BCUT2D eigenvalue weighted by Gasteiger charge is 2.47. The summed E-state index contributed by atoms with van der Waals surface area (Å²) in [5, 5.41) is 2.44. The van der Waals surface area contributed by atoms with Gasteiger partial charge in [-0.2, -0.15) is 0 Å². The van der Waals surface area contributed by atoms with E-state index in [-0.39, 0.29) is 5.56 Å². The fourth-order valence-electron chi connectivity index (χ4n) is 1.78. The number of halogens is 2. The highest BCUT2D eigenvalue weighted by atomic mass is 19.2. The summed E-state index contributed by atoms with van der Waals surface area (Å²) >= 11 is 0. The Labute approximate surface area is 96.2 Å². The Morgan fingerprint density at radius 2 is 1.88 bits per heavy atom. The van der Waals surface area contributed by atoms with Gasteiger partial charge in [0, 0.05) is 7.05 Å². The molecule has 2 rings (SSSR count). The van der Waals surface area contributed by atoms with Crippen LogP contribution in [0, 0.1) is 11.6 Å². The second-order valence-corrected chi connectivity index (χ2v) is 4.05. The highest BCUT2D eigenvalue weighted by Crippen LogP contribution is 2.28. The Morgan fingerprint density at radius 1 is 1.24 bits per heavy atom. The van der Waals surface area contributed by atoms with E-state index in [0.717, 1.165) is 17.0 Å². The summed E-state index contributed by atoms with van der Waals surface area (Å²) in [5.41, 5.74) is -1.14. The van der Waals surface area contributed by atoms with E-state index < -0.39 is 29.1 Å². The number of hydrogen-bond donors (Lipinski definition) is 1. The molecule has 17 heavy (non-hydrogen) atoms. The molecule has 0 saturated carbocycles. The molecule has 0 bridgehead atoms. The topological polar surface area (TPSA) is 49.4 Å². The molecule has 90 valence electrons. The van der Waals surface area contributed by atoms with Crippen molar-refractivity contribution >= 4 is 11.9 Å². The van der Waals surface area contributed by atoms with Gasteiger partial charge >= 0.3 is 6.03 Å². The van der Waals surface area contributed by atoms with E-state index in [0.29, 0.717) is 0 Å². The van der Waals surface area contributed by atoms with Gasteiger partial charge in [0.1, 0.15) is 5.54 Å². The van der Waals surface area contributed by atoms with Crippen molar-refractivity contribution in [3.8, 4) is 0 Å². The molecule has 1 N–H and O–H groups in total. The van der Waals surface area contributed by atoms with E-state index in [9.17, 15) is 18.4 Å². The molecule has 3 amide bonds. The fourth-order valence-corrected chi connectivity index (χ4v) is 1.78. The Hall–Kier alpha value is -1.98. The van der Waals surface area contributed by atoms with Crippen molar-refractivity contribution < 1.29 is 18.4 Å². The van der Waals surface area contributed by atoms with Crippen LogP contribution in [0.15, 0.2) is 18.2 Å². The van der Waals surface area contributed by atoms with Crippen molar-refractivity contribution in [1.29, 1.82) is 0 Å². The number of imide groups is 1. The Morgan fingerprint density at radius 3 is 2.35 bits per heavy atom. The minimum atomic E-state index is -1.35. The molecule has 1 aliphatic heterocycles. The van der Waals surface area contributed by atoms with Crippen molar-refractivity contribution in [1.82, 2.24) is 10.2 Å². The minimum absolute atomic E-state index is 0.208. The quantitative estimate of drug-likeness (QED) is 0.753. The van der Waals surface area contributed by atoms with Crippen LogP contribution in [0.1, 0.15) is 12.5 Å². The lowest BCUT2D eigenvalue weighted by molar-refractivity contribution is -0.130. The largest absolute Gasteiger partial charge is 0.325 e. The first-order valence-electron chi connectivity index (χ1n) is 4.92. The normalized spacial score (nSPS) is 24.1. The van der Waals surface area contributed by atoms with Crippen LogP contribution < -0.4 is 5.32 Å². The SMILES string of the molecule is CN1C(=O)N[C@](C)(c2ccc(F)c(F)c2)C1=O. The molecule has 1 aromatic rings. The third-order valence-electron chi connectivity index (χ3n) is 2.89. The first kappa shape index (κ1) is 11.5. The van der Waals surface area contributed by atoms with Crippen molar-refractivity contribution in [3.05, 3.63) is 35.4 Å². The predicted molar refractivity (Wildman–Crippen MR) is 55.0 cm³/mol. The number of benzene rings is 1. The molecule has 0 aliphatic carbocycles. The van der Waals surface area contributed by atoms with Gasteiger partial charge < -0.3 is 5.32 Å². The van der Waals surface area contributed by atoms with Crippen LogP contribution in [0.25, 0.3) is 0 Å². The van der Waals surface area contributed by atoms with Gasteiger partial charge in [0.2, 0.25) is 0 Å². The first-order chi connectivity index (χ1) is 7.86. The van der Waals surface area contributed by atoms with Gasteiger partial charge in [-0.05, 0) is 24.6 Å². The van der Waals surface area contributed by atoms with Crippen LogP contribution >= 0.6 is 0 Å². The van der Waals surface area contributed by atoms with E-state index in [1.165, 1.54) is 20.0 Å². The van der Waals surface area contributed by atoms with Crippen LogP contribution in [0.2, 0.25) is 0 Å². The molecule has 1 atom stereocenters. The zero-order valence-electron chi connectivity index (χ0n) is 9.25. The summed E-state index contributed by atoms with van der Waals surface area (Å²) in [4.78, 5) is 24.1. The molecule has 1 aromatic carbocycles. The lowest BCUT2D eigenvalue weighted by Crippen LogP contribution is -2.40. The second kappa shape index (κ2) is 3.51. The number of hydrogen-bond acceptors (Lipinski definition) is 2. The van der Waals surface area contributed by atoms with Gasteiger partial charge in [-0.25, -0.2) is 13.6 Å². The fraction of sp³-hybridized carbons (Fsp3) is 0.273. The van der Waals surface area contributed by atoms with Crippen LogP contribution in [-0.2, 0) is 10.3 Å². The molecule has 1 fully saturated rings. The Balaban J connectivity index is 2.49. The third kappa shape index (κ3) is 1.56. The summed E-state index contributed by atoms with van der Waals surface area (Å²) in [7, 11) is 1.32. The number of rotatable bonds is 1. The van der Waals surface area contributed by atoms with Crippen molar-refractivity contribution in [2.75, 3.05) is 7.05 Å². The smallest absolute Gasteiger partial charge is 0.319 e. The molecule has 6 heteroatoms. The van der Waals surface area contributed by atoms with E-state index in [2.05, 4.69) is 5.32 Å². The highest BCUT2D eigenvalue weighted by molar-refractivity contribution is 6.06. The number of likely N-dealkylation sites (N-methyl/N-ethyl adjacent to an activating group) is 1. The van der Waals surface area contributed by atoms with E-state index in [4.69, 9.17) is 0 Å². The number of nitrogens with one attached hydrogen (secondary N) is 1. The van der Waals surface area contributed by atoms with Gasteiger partial charge in [-0.15, -0.1) is 0 Å². The number of carbonyl (C=O) groups excluding carboxylic acids is 2. The zero-order valence-corrected chi connectivity index (χ0v) is 9.25. The van der Waals surface area contributed by atoms with E-state index in [1.54, 1.807) is 0 Å². The Kier molecular flexibility index (Phi) is 2.38. The van der Waals surface area contributed by atoms with Gasteiger partial charge in [0.05, 0.1) is 0 Å². The molecule has 1 aliphatic rings. The summed E-state index contributed by atoms with van der Waals surface area (Å²) in [6.45, 7) is 1.45. The maximum Gasteiger partial charge on any atom is 0.325 e. The first-order valence-corrected chi connectivity index (χ1v) is 4.92. The number of nitrogens with zero attached hydrogens (tertiary/aromatic N) is 1. The molecule has 1 heterocycles. The average Bonchev–Trinajstić information content (AvgIpc) is 2.48. The lowest BCUT2D eigenvalue weighted by atomic mass is 9.92. The number of urea groups is 1. The van der Waals surface area contributed by atoms with Crippen molar-refractivity contribution in [2.24, 2.45) is 0 Å². The van der Waals surface area contributed by atoms with Crippen LogP contribution in [0.4, 0.5) is 13.6 Å². The standard InChI is InChI=1S/C11H10F2N2O2/c1-11(9(16)15(2)10(17)14-11)6-3-4-7(12)8(13)5-6/h3-5H,1-2H3,(H,14,17)/t11-/m1/s1. The van der Waals surface area contributed by atoms with E-state index in [1.807, 2.05) is 0 Å². The lowest BCUT2D eigenvalue weighted by Gasteiger charge is -2.21. The predicted octanol–water partition coefficient (Wildman–Crippen LogP) is 1.36. The molecular formula is C11H10F2N2O2. The number of carbonyl (C=O) groups is 2. The summed E-state index contributed by atoms with van der Waals surface area (Å²) < 4.78 is 25.9. The summed E-state index contributed by atoms with van der Waals surface area (Å²) in [5.74, 6) is -2.56. The van der Waals surface area contributed by atoms with Crippen LogP contribution in [0.5, 0.6) is 0 Å². The number of amides is 3. The monoisotopic (exact) mass is 240 g/mol. The minimum Gasteiger partial charge on any atom is -0.319 e. The van der Waals surface area contributed by atoms with Crippen LogP contribution in [0.3, 0.4) is 0 Å². The zero-order chi connectivity index (χ0) is 12.8. The van der Waals surface area contributed by atoms with E-state index >= 15 is 0 Å². The average molecular weight is 240 g/mol. The molecule has 0 aromatic heterocycles. The molecule has 0 spiro atoms. The molecule has 4 nitrogen and oxygen atoms in total. The Bertz CT molecular complexity index is 518. The van der Waals surface area contributed by atoms with Crippen LogP contribution in [-0.4, -0.2) is 23.9 Å². The molecule has 0 unspecified atom stereocenters. The molecule has 1 saturated heterocycles. The molecule has 0 radical (unpaired) electrons.